The molecule has 0 aliphatic rings. The van der Waals surface area contributed by atoms with Gasteiger partial charge in [0, 0.05) is 11.4 Å². The van der Waals surface area contributed by atoms with E-state index in [1.165, 1.54) is 6.08 Å². The lowest BCUT2D eigenvalue weighted by Crippen LogP contribution is -2.07. The number of hydrogen-bond donors (Lipinski definition) is 2. The van der Waals surface area contributed by atoms with Crippen LogP contribution in [0.15, 0.2) is 79.9 Å². The van der Waals surface area contributed by atoms with Crippen molar-refractivity contribution in [2.45, 2.75) is 6.92 Å². The molecule has 1 amide bonds. The molecule has 2 aromatic heterocycles. The van der Waals surface area contributed by atoms with E-state index < -0.39 is 0 Å². The number of imidazole rings is 1. The molecular formula is C22H19N5O. The van der Waals surface area contributed by atoms with Crippen molar-refractivity contribution in [1.29, 1.82) is 0 Å². The molecule has 0 atom stereocenters. The van der Waals surface area contributed by atoms with Gasteiger partial charge in [0.1, 0.15) is 6.33 Å². The fourth-order valence-electron chi connectivity index (χ4n) is 2.98. The van der Waals surface area contributed by atoms with E-state index in [-0.39, 0.29) is 5.91 Å². The highest BCUT2D eigenvalue weighted by molar-refractivity contribution is 6.00. The van der Waals surface area contributed by atoms with Gasteiger partial charge in [-0.15, -0.1) is 0 Å². The first-order chi connectivity index (χ1) is 13.6. The zero-order chi connectivity index (χ0) is 19.5. The largest absolute Gasteiger partial charge is 0.354 e. The number of benzene rings is 2. The topological polar surface area (TPSA) is 71.8 Å². The van der Waals surface area contributed by atoms with Crippen molar-refractivity contribution >= 4 is 34.0 Å². The van der Waals surface area contributed by atoms with Gasteiger partial charge in [0.15, 0.2) is 0 Å². The van der Waals surface area contributed by atoms with Gasteiger partial charge in [0.05, 0.1) is 34.8 Å². The molecule has 2 aromatic carbocycles. The maximum absolute atomic E-state index is 11.6. The van der Waals surface area contributed by atoms with E-state index in [2.05, 4.69) is 40.2 Å². The first kappa shape index (κ1) is 17.5. The summed E-state index contributed by atoms with van der Waals surface area (Å²) in [5, 5.41) is 6.18. The summed E-state index contributed by atoms with van der Waals surface area (Å²) in [6, 6.07) is 15.7. The molecule has 6 nitrogen and oxygen atoms in total. The molecule has 2 heterocycles. The van der Waals surface area contributed by atoms with Gasteiger partial charge in [-0.05, 0) is 48.9 Å². The first-order valence-corrected chi connectivity index (χ1v) is 8.82. The summed E-state index contributed by atoms with van der Waals surface area (Å²) in [6.07, 6.45) is 6.55. The number of anilines is 3. The zero-order valence-corrected chi connectivity index (χ0v) is 15.4. The molecule has 0 aliphatic carbocycles. The average Bonchev–Trinajstić information content (AvgIpc) is 3.13. The fourth-order valence-corrected chi connectivity index (χ4v) is 2.98. The van der Waals surface area contributed by atoms with Gasteiger partial charge in [-0.25, -0.2) is 4.98 Å². The van der Waals surface area contributed by atoms with Gasteiger partial charge < -0.3 is 10.6 Å². The minimum Gasteiger partial charge on any atom is -0.354 e. The van der Waals surface area contributed by atoms with Crippen molar-refractivity contribution in [2.24, 2.45) is 0 Å². The molecule has 138 valence electrons. The number of carbonyl (C=O) groups excluding carboxylic acids is 1. The number of carbonyl (C=O) groups is 1. The van der Waals surface area contributed by atoms with Gasteiger partial charge in [0.2, 0.25) is 5.91 Å². The third-order valence-electron chi connectivity index (χ3n) is 4.43. The van der Waals surface area contributed by atoms with E-state index in [4.69, 9.17) is 0 Å². The Hall–Kier alpha value is -3.93. The van der Waals surface area contributed by atoms with E-state index >= 15 is 0 Å². The van der Waals surface area contributed by atoms with Crippen molar-refractivity contribution < 1.29 is 4.79 Å². The molecule has 0 saturated carbocycles. The lowest BCUT2D eigenvalue weighted by Gasteiger charge is -2.11. The maximum atomic E-state index is 11.6. The molecule has 4 aromatic rings. The number of hydrogen-bond acceptors (Lipinski definition) is 4. The molecule has 0 radical (unpaired) electrons. The number of nitrogens with one attached hydrogen (secondary N) is 2. The Balaban J connectivity index is 1.70. The summed E-state index contributed by atoms with van der Waals surface area (Å²) in [7, 11) is 0. The minimum atomic E-state index is -0.253. The summed E-state index contributed by atoms with van der Waals surface area (Å²) in [6.45, 7) is 5.54. The van der Waals surface area contributed by atoms with Gasteiger partial charge in [0.25, 0.3) is 0 Å². The van der Waals surface area contributed by atoms with Crippen molar-refractivity contribution in [1.82, 2.24) is 14.5 Å². The number of amides is 1. The standard InChI is InChI=1S/C22H19N5O/c1-3-22(28)26-16-8-9-20-21(11-16)27(14-24-20)18-10-17(12-23-13-18)25-19-7-5-4-6-15(19)2/h3-14,25H,1H2,2H3,(H,26,28). The predicted molar refractivity (Wildman–Crippen MR) is 112 cm³/mol. The highest BCUT2D eigenvalue weighted by Gasteiger charge is 2.08. The van der Waals surface area contributed by atoms with Gasteiger partial charge in [-0.1, -0.05) is 24.8 Å². The van der Waals surface area contributed by atoms with Crippen molar-refractivity contribution in [3.05, 3.63) is 85.5 Å². The number of aromatic nitrogens is 3. The minimum absolute atomic E-state index is 0.253. The number of para-hydroxylation sites is 1. The van der Waals surface area contributed by atoms with Crippen LogP contribution in [0.25, 0.3) is 16.7 Å². The van der Waals surface area contributed by atoms with E-state index in [9.17, 15) is 4.79 Å². The summed E-state index contributed by atoms with van der Waals surface area (Å²) >= 11 is 0. The van der Waals surface area contributed by atoms with Crippen molar-refractivity contribution in [2.75, 3.05) is 10.6 Å². The molecule has 0 bridgehead atoms. The van der Waals surface area contributed by atoms with Crippen LogP contribution >= 0.6 is 0 Å². The van der Waals surface area contributed by atoms with E-state index in [1.807, 2.05) is 47.0 Å². The monoisotopic (exact) mass is 369 g/mol. The molecule has 0 aliphatic heterocycles. The summed E-state index contributed by atoms with van der Waals surface area (Å²) in [5.41, 5.74) is 6.32. The Labute approximate surface area is 162 Å². The van der Waals surface area contributed by atoms with Crippen molar-refractivity contribution in [3.8, 4) is 5.69 Å². The molecular weight excluding hydrogens is 350 g/mol. The zero-order valence-electron chi connectivity index (χ0n) is 15.4. The Morgan fingerprint density at radius 1 is 1.11 bits per heavy atom. The highest BCUT2D eigenvalue weighted by Crippen LogP contribution is 2.25. The number of rotatable bonds is 5. The SMILES string of the molecule is C=CC(=O)Nc1ccc2ncn(-c3cncc(Nc4ccccc4C)c3)c2c1. The molecule has 2 N–H and O–H groups in total. The number of pyridine rings is 1. The summed E-state index contributed by atoms with van der Waals surface area (Å²) in [4.78, 5) is 20.4. The Morgan fingerprint density at radius 3 is 2.79 bits per heavy atom. The van der Waals surface area contributed by atoms with Crippen LogP contribution in [-0.2, 0) is 4.79 Å². The van der Waals surface area contributed by atoms with Crippen LogP contribution < -0.4 is 10.6 Å². The van der Waals surface area contributed by atoms with Gasteiger partial charge >= 0.3 is 0 Å². The molecule has 0 fully saturated rings. The van der Waals surface area contributed by atoms with Gasteiger partial charge in [-0.3, -0.25) is 14.3 Å². The van der Waals surface area contributed by atoms with E-state index in [1.54, 1.807) is 18.7 Å². The normalized spacial score (nSPS) is 10.6. The molecule has 0 saturated heterocycles. The van der Waals surface area contributed by atoms with Crippen LogP contribution in [0.5, 0.6) is 0 Å². The molecule has 0 unspecified atom stereocenters. The first-order valence-electron chi connectivity index (χ1n) is 8.82. The Bertz CT molecular complexity index is 1180. The summed E-state index contributed by atoms with van der Waals surface area (Å²) in [5.74, 6) is -0.253. The van der Waals surface area contributed by atoms with Crippen LogP contribution in [0, 0.1) is 6.92 Å². The Morgan fingerprint density at radius 2 is 1.96 bits per heavy atom. The van der Waals surface area contributed by atoms with Crippen LogP contribution in [0.3, 0.4) is 0 Å². The van der Waals surface area contributed by atoms with Crippen LogP contribution in [0.4, 0.5) is 17.1 Å². The van der Waals surface area contributed by atoms with Gasteiger partial charge in [-0.2, -0.15) is 0 Å². The fraction of sp³-hybridized carbons (Fsp3) is 0.0455. The molecule has 0 spiro atoms. The smallest absolute Gasteiger partial charge is 0.247 e. The molecule has 28 heavy (non-hydrogen) atoms. The number of nitrogens with zero attached hydrogens (tertiary/aromatic N) is 3. The molecule has 4 rings (SSSR count). The van der Waals surface area contributed by atoms with E-state index in [0.29, 0.717) is 5.69 Å². The maximum Gasteiger partial charge on any atom is 0.247 e. The van der Waals surface area contributed by atoms with Crippen LogP contribution in [0.2, 0.25) is 0 Å². The second-order valence-electron chi connectivity index (χ2n) is 6.38. The lowest BCUT2D eigenvalue weighted by atomic mass is 10.2. The Kier molecular flexibility index (Phi) is 4.60. The quantitative estimate of drug-likeness (QED) is 0.505. The number of aryl methyl sites for hydroxylation is 1. The highest BCUT2D eigenvalue weighted by atomic mass is 16.1. The third kappa shape index (κ3) is 3.48. The molecule has 6 heteroatoms. The predicted octanol–water partition coefficient (Wildman–Crippen LogP) is 4.60. The van der Waals surface area contributed by atoms with E-state index in [0.717, 1.165) is 33.7 Å². The van der Waals surface area contributed by atoms with Crippen molar-refractivity contribution in [3.63, 3.8) is 0 Å². The second kappa shape index (κ2) is 7.36. The number of fused-ring (bicyclic) bond motifs is 1. The lowest BCUT2D eigenvalue weighted by molar-refractivity contribution is -0.111. The van der Waals surface area contributed by atoms with Crippen LogP contribution in [0.1, 0.15) is 5.56 Å². The van der Waals surface area contributed by atoms with Crippen LogP contribution in [-0.4, -0.2) is 20.4 Å². The average molecular weight is 369 g/mol. The third-order valence-corrected chi connectivity index (χ3v) is 4.43. The second-order valence-corrected chi connectivity index (χ2v) is 6.38. The summed E-state index contributed by atoms with van der Waals surface area (Å²) < 4.78 is 1.94.